The molecule has 0 bridgehead atoms. The van der Waals surface area contributed by atoms with Crippen LogP contribution in [0.1, 0.15) is 52.5 Å². The van der Waals surface area contributed by atoms with Crippen molar-refractivity contribution >= 4 is 11.6 Å². The van der Waals surface area contributed by atoms with Gasteiger partial charge in [-0.15, -0.1) is 0 Å². The molecule has 1 aromatic rings. The number of aliphatic hydroxyl groups is 1. The Hall–Kier alpha value is -0.830. The molecule has 2 atom stereocenters. The number of likely N-dealkylation sites (tertiary alicyclic amines) is 1. The minimum atomic E-state index is 0.0593. The third-order valence-electron chi connectivity index (χ3n) is 4.93. The zero-order chi connectivity index (χ0) is 17.0. The lowest BCUT2D eigenvalue weighted by Gasteiger charge is -2.37. The fourth-order valence-corrected chi connectivity index (χ4v) is 3.82. The van der Waals surface area contributed by atoms with Crippen LogP contribution in [0.4, 0.5) is 0 Å². The van der Waals surface area contributed by atoms with E-state index in [1.165, 1.54) is 17.6 Å². The average molecular weight is 336 g/mol. The van der Waals surface area contributed by atoms with Gasteiger partial charge in [0.05, 0.1) is 6.61 Å². The van der Waals surface area contributed by atoms with E-state index < -0.39 is 0 Å². The number of allylic oxidation sites excluding steroid dienone is 1. The maximum Gasteiger partial charge on any atom is 0.0587 e. The van der Waals surface area contributed by atoms with Crippen LogP contribution >= 0.6 is 11.6 Å². The summed E-state index contributed by atoms with van der Waals surface area (Å²) in [4.78, 5) is 2.49. The zero-order valence-corrected chi connectivity index (χ0v) is 15.6. The Morgan fingerprint density at radius 3 is 2.57 bits per heavy atom. The average Bonchev–Trinajstić information content (AvgIpc) is 2.94. The normalized spacial score (nSPS) is 20.5. The van der Waals surface area contributed by atoms with Gasteiger partial charge in [-0.25, -0.2) is 0 Å². The van der Waals surface area contributed by atoms with Crippen LogP contribution in [0.25, 0.3) is 0 Å². The molecule has 23 heavy (non-hydrogen) atoms. The molecule has 1 aromatic carbocycles. The van der Waals surface area contributed by atoms with Gasteiger partial charge in [0, 0.05) is 17.1 Å². The zero-order valence-electron chi connectivity index (χ0n) is 14.8. The number of aliphatic hydroxyl groups excluding tert-OH is 1. The molecular weight excluding hydrogens is 306 g/mol. The molecule has 1 unspecified atom stereocenters. The van der Waals surface area contributed by atoms with Gasteiger partial charge in [0.25, 0.3) is 0 Å². The second-order valence-electron chi connectivity index (χ2n) is 7.62. The fraction of sp³-hybridized carbons (Fsp3) is 0.600. The Kier molecular flexibility index (Phi) is 6.30. The summed E-state index contributed by atoms with van der Waals surface area (Å²) in [5, 5.41) is 10.5. The highest BCUT2D eigenvalue weighted by atomic mass is 35.5. The van der Waals surface area contributed by atoms with Crippen LogP contribution in [-0.4, -0.2) is 35.2 Å². The largest absolute Gasteiger partial charge is 0.395 e. The van der Waals surface area contributed by atoms with Crippen molar-refractivity contribution in [2.45, 2.75) is 64.5 Å². The maximum atomic E-state index is 9.69. The number of hydrogen-bond donors (Lipinski definition) is 1. The Bertz CT molecular complexity index is 531. The molecule has 128 valence electrons. The SMILES string of the molecule is CC(C)=CC(CC(C)(C)c1ccc(Cl)cc1)N1CCC[C@@H]1CO. The highest BCUT2D eigenvalue weighted by Gasteiger charge is 2.33. The van der Waals surface area contributed by atoms with Gasteiger partial charge in [0.2, 0.25) is 0 Å². The van der Waals surface area contributed by atoms with Gasteiger partial charge in [0.1, 0.15) is 0 Å². The van der Waals surface area contributed by atoms with Crippen LogP contribution in [-0.2, 0) is 5.41 Å². The van der Waals surface area contributed by atoms with Crippen molar-refractivity contribution in [3.63, 3.8) is 0 Å². The van der Waals surface area contributed by atoms with E-state index in [4.69, 9.17) is 11.6 Å². The van der Waals surface area contributed by atoms with Gasteiger partial charge in [0.15, 0.2) is 0 Å². The van der Waals surface area contributed by atoms with E-state index in [9.17, 15) is 5.11 Å². The Morgan fingerprint density at radius 1 is 1.35 bits per heavy atom. The standard InChI is InChI=1S/C20H30ClNO/c1-15(2)12-19(22-11-5-6-18(22)14-23)13-20(3,4)16-7-9-17(21)10-8-16/h7-10,12,18-19,23H,5-6,11,13-14H2,1-4H3/t18-,19?/m1/s1. The third-order valence-corrected chi connectivity index (χ3v) is 5.18. The first kappa shape index (κ1) is 18.5. The van der Waals surface area contributed by atoms with E-state index >= 15 is 0 Å². The van der Waals surface area contributed by atoms with E-state index in [1.54, 1.807) is 0 Å². The van der Waals surface area contributed by atoms with Gasteiger partial charge in [-0.1, -0.05) is 49.2 Å². The molecule has 1 heterocycles. The first-order chi connectivity index (χ1) is 10.8. The lowest BCUT2D eigenvalue weighted by atomic mass is 9.78. The molecule has 2 rings (SSSR count). The van der Waals surface area contributed by atoms with Crippen molar-refractivity contribution in [3.05, 3.63) is 46.5 Å². The summed E-state index contributed by atoms with van der Waals surface area (Å²) in [6.07, 6.45) is 5.69. The predicted molar refractivity (Wildman–Crippen MR) is 99.1 cm³/mol. The van der Waals surface area contributed by atoms with Gasteiger partial charge in [-0.05, 0) is 62.8 Å². The molecule has 0 radical (unpaired) electrons. The van der Waals surface area contributed by atoms with E-state index in [2.05, 4.69) is 50.8 Å². The minimum Gasteiger partial charge on any atom is -0.395 e. The van der Waals surface area contributed by atoms with Crippen molar-refractivity contribution in [1.29, 1.82) is 0 Å². The minimum absolute atomic E-state index is 0.0593. The summed E-state index contributed by atoms with van der Waals surface area (Å²) in [6, 6.07) is 8.88. The summed E-state index contributed by atoms with van der Waals surface area (Å²) < 4.78 is 0. The van der Waals surface area contributed by atoms with E-state index in [1.807, 2.05) is 12.1 Å². The molecule has 0 amide bonds. The van der Waals surface area contributed by atoms with Gasteiger partial charge >= 0.3 is 0 Å². The molecule has 1 aliphatic heterocycles. The molecule has 0 aliphatic carbocycles. The molecule has 0 saturated carbocycles. The summed E-state index contributed by atoms with van der Waals surface area (Å²) in [7, 11) is 0. The van der Waals surface area contributed by atoms with Crippen molar-refractivity contribution < 1.29 is 5.11 Å². The highest BCUT2D eigenvalue weighted by molar-refractivity contribution is 6.30. The van der Waals surface area contributed by atoms with Crippen LogP contribution in [0.3, 0.4) is 0 Å². The number of nitrogens with zero attached hydrogens (tertiary/aromatic N) is 1. The number of rotatable bonds is 6. The lowest BCUT2D eigenvalue weighted by molar-refractivity contribution is 0.123. The second-order valence-corrected chi connectivity index (χ2v) is 8.06. The molecule has 0 spiro atoms. The molecule has 1 N–H and O–H groups in total. The molecular formula is C20H30ClNO. The van der Waals surface area contributed by atoms with E-state index in [0.717, 1.165) is 24.4 Å². The third kappa shape index (κ3) is 4.82. The first-order valence-electron chi connectivity index (χ1n) is 8.61. The molecule has 0 aromatic heterocycles. The van der Waals surface area contributed by atoms with Crippen molar-refractivity contribution in [3.8, 4) is 0 Å². The van der Waals surface area contributed by atoms with E-state index in [0.29, 0.717) is 12.1 Å². The summed E-state index contributed by atoms with van der Waals surface area (Å²) >= 11 is 6.03. The van der Waals surface area contributed by atoms with E-state index in [-0.39, 0.29) is 12.0 Å². The summed E-state index contributed by atoms with van der Waals surface area (Å²) in [5.74, 6) is 0. The Labute approximate surface area is 146 Å². The van der Waals surface area contributed by atoms with Gasteiger partial charge < -0.3 is 5.11 Å². The molecule has 1 fully saturated rings. The molecule has 1 aliphatic rings. The predicted octanol–water partition coefficient (Wildman–Crippen LogP) is 4.80. The number of halogens is 1. The van der Waals surface area contributed by atoms with Gasteiger partial charge in [-0.3, -0.25) is 4.90 Å². The number of benzene rings is 1. The van der Waals surface area contributed by atoms with Crippen molar-refractivity contribution in [1.82, 2.24) is 4.90 Å². The fourth-order valence-electron chi connectivity index (χ4n) is 3.69. The quantitative estimate of drug-likeness (QED) is 0.755. The summed E-state index contributed by atoms with van der Waals surface area (Å²) in [6.45, 7) is 10.3. The van der Waals surface area contributed by atoms with Crippen LogP contribution in [0.5, 0.6) is 0 Å². The van der Waals surface area contributed by atoms with Crippen molar-refractivity contribution in [2.24, 2.45) is 0 Å². The topological polar surface area (TPSA) is 23.5 Å². The van der Waals surface area contributed by atoms with Crippen LogP contribution in [0, 0.1) is 0 Å². The first-order valence-corrected chi connectivity index (χ1v) is 8.99. The highest BCUT2D eigenvalue weighted by Crippen LogP contribution is 2.33. The number of hydrogen-bond acceptors (Lipinski definition) is 2. The lowest BCUT2D eigenvalue weighted by Crippen LogP contribution is -2.43. The van der Waals surface area contributed by atoms with Crippen LogP contribution in [0.2, 0.25) is 5.02 Å². The molecule has 3 heteroatoms. The second kappa shape index (κ2) is 7.83. The maximum absolute atomic E-state index is 9.69. The molecule has 1 saturated heterocycles. The smallest absolute Gasteiger partial charge is 0.0587 e. The Morgan fingerprint density at radius 2 is 2.00 bits per heavy atom. The van der Waals surface area contributed by atoms with Crippen LogP contribution < -0.4 is 0 Å². The monoisotopic (exact) mass is 335 g/mol. The van der Waals surface area contributed by atoms with Crippen LogP contribution in [0.15, 0.2) is 35.9 Å². The van der Waals surface area contributed by atoms with Gasteiger partial charge in [-0.2, -0.15) is 0 Å². The van der Waals surface area contributed by atoms with Crippen molar-refractivity contribution in [2.75, 3.05) is 13.2 Å². The Balaban J connectivity index is 2.22. The molecule has 2 nitrogen and oxygen atoms in total. The summed E-state index contributed by atoms with van der Waals surface area (Å²) in [5.41, 5.74) is 2.71.